The standard InChI is InChI=1S/C20H25ClN6O2.CH2O2/c1-25(2)19(29)20(11-14-6-8-15(21)9-7-14)12-26(13-20)18(28)16-5-3-4-10-27-17(16)22-23-24-27;2-1-3/h6-9,16H,3-5,10-13H2,1-2H3;1H,(H,2,3). The molecule has 4 rings (SSSR count). The maximum Gasteiger partial charge on any atom is 0.290 e. The Kier molecular flexibility index (Phi) is 7.44. The summed E-state index contributed by atoms with van der Waals surface area (Å²) >= 11 is 5.99. The average Bonchev–Trinajstić information content (AvgIpc) is 3.10. The maximum absolute atomic E-state index is 13.2. The van der Waals surface area contributed by atoms with E-state index in [1.165, 1.54) is 0 Å². The summed E-state index contributed by atoms with van der Waals surface area (Å²) in [5.41, 5.74) is 0.430. The molecule has 1 aromatic carbocycles. The molecule has 1 aromatic heterocycles. The average molecular weight is 463 g/mol. The van der Waals surface area contributed by atoms with Gasteiger partial charge in [0.1, 0.15) is 0 Å². The molecule has 0 spiro atoms. The molecule has 172 valence electrons. The largest absolute Gasteiger partial charge is 0.483 e. The van der Waals surface area contributed by atoms with Crippen molar-refractivity contribution >= 4 is 29.9 Å². The van der Waals surface area contributed by atoms with Gasteiger partial charge in [-0.25, -0.2) is 4.68 Å². The third kappa shape index (κ3) is 4.90. The van der Waals surface area contributed by atoms with Gasteiger partial charge in [-0.3, -0.25) is 14.4 Å². The highest BCUT2D eigenvalue weighted by Crippen LogP contribution is 2.39. The summed E-state index contributed by atoms with van der Waals surface area (Å²) in [7, 11) is 3.52. The number of carbonyl (C=O) groups is 3. The van der Waals surface area contributed by atoms with Crippen LogP contribution in [0.25, 0.3) is 0 Å². The molecule has 1 N–H and O–H groups in total. The lowest BCUT2D eigenvalue weighted by molar-refractivity contribution is -0.160. The Morgan fingerprint density at radius 3 is 2.53 bits per heavy atom. The van der Waals surface area contributed by atoms with E-state index in [-0.39, 0.29) is 24.2 Å². The fourth-order valence-corrected chi connectivity index (χ4v) is 4.57. The topological polar surface area (TPSA) is 122 Å². The lowest BCUT2D eigenvalue weighted by Crippen LogP contribution is -2.66. The lowest BCUT2D eigenvalue weighted by atomic mass is 9.73. The number of halogens is 1. The molecule has 1 saturated heterocycles. The number of tetrazole rings is 1. The Morgan fingerprint density at radius 1 is 1.25 bits per heavy atom. The van der Waals surface area contributed by atoms with Gasteiger partial charge in [0.2, 0.25) is 11.8 Å². The number of carbonyl (C=O) groups excluding carboxylic acids is 2. The van der Waals surface area contributed by atoms with Crippen molar-refractivity contribution in [1.29, 1.82) is 0 Å². The van der Waals surface area contributed by atoms with Gasteiger partial charge >= 0.3 is 0 Å². The highest BCUT2D eigenvalue weighted by atomic mass is 35.5. The van der Waals surface area contributed by atoms with Crippen LogP contribution in [0.1, 0.15) is 36.6 Å². The normalized spacial score (nSPS) is 18.8. The molecule has 11 heteroatoms. The molecule has 0 aliphatic carbocycles. The van der Waals surface area contributed by atoms with Gasteiger partial charge in [-0.15, -0.1) is 5.10 Å². The van der Waals surface area contributed by atoms with Crippen LogP contribution in [0.2, 0.25) is 5.02 Å². The molecule has 0 saturated carbocycles. The number of likely N-dealkylation sites (tertiary alicyclic amines) is 1. The molecule has 1 unspecified atom stereocenters. The SMILES string of the molecule is CN(C)C(=O)C1(Cc2ccc(Cl)cc2)CN(C(=O)C2CCCCn3nnnc32)C1.O=CO. The molecule has 2 aliphatic rings. The zero-order chi connectivity index (χ0) is 23.3. The second-order valence-corrected chi connectivity index (χ2v) is 8.83. The number of aryl methyl sites for hydroxylation is 1. The van der Waals surface area contributed by atoms with E-state index >= 15 is 0 Å². The minimum Gasteiger partial charge on any atom is -0.483 e. The van der Waals surface area contributed by atoms with Crippen LogP contribution in [0.5, 0.6) is 0 Å². The second kappa shape index (κ2) is 10.1. The van der Waals surface area contributed by atoms with E-state index in [9.17, 15) is 9.59 Å². The van der Waals surface area contributed by atoms with Gasteiger partial charge in [-0.2, -0.15) is 0 Å². The van der Waals surface area contributed by atoms with Gasteiger partial charge in [-0.1, -0.05) is 30.2 Å². The predicted molar refractivity (Wildman–Crippen MR) is 116 cm³/mol. The molecule has 2 aliphatic heterocycles. The molecular weight excluding hydrogens is 436 g/mol. The van der Waals surface area contributed by atoms with Crippen LogP contribution in [0.4, 0.5) is 0 Å². The first-order valence-electron chi connectivity index (χ1n) is 10.4. The van der Waals surface area contributed by atoms with Crippen LogP contribution in [-0.4, -0.2) is 80.6 Å². The van der Waals surface area contributed by atoms with Crippen LogP contribution in [0.15, 0.2) is 24.3 Å². The first-order chi connectivity index (χ1) is 15.3. The summed E-state index contributed by atoms with van der Waals surface area (Å²) in [6, 6.07) is 7.54. The Hall–Kier alpha value is -3.01. The fourth-order valence-electron chi connectivity index (χ4n) is 4.44. The Morgan fingerprint density at radius 2 is 1.91 bits per heavy atom. The molecule has 32 heavy (non-hydrogen) atoms. The fraction of sp³-hybridized carbons (Fsp3) is 0.524. The third-order valence-electron chi connectivity index (χ3n) is 5.90. The monoisotopic (exact) mass is 462 g/mol. The summed E-state index contributed by atoms with van der Waals surface area (Å²) in [5.74, 6) is 0.362. The number of hydrogen-bond donors (Lipinski definition) is 1. The molecule has 0 bridgehead atoms. The van der Waals surface area contributed by atoms with Crippen LogP contribution < -0.4 is 0 Å². The van der Waals surface area contributed by atoms with Gasteiger partial charge in [0, 0.05) is 38.8 Å². The Balaban J connectivity index is 0.000000913. The van der Waals surface area contributed by atoms with E-state index < -0.39 is 5.41 Å². The molecule has 1 atom stereocenters. The van der Waals surface area contributed by atoms with Crippen molar-refractivity contribution in [1.82, 2.24) is 30.0 Å². The van der Waals surface area contributed by atoms with E-state index in [1.807, 2.05) is 24.3 Å². The number of aromatic nitrogens is 4. The van der Waals surface area contributed by atoms with Crippen LogP contribution >= 0.6 is 11.6 Å². The summed E-state index contributed by atoms with van der Waals surface area (Å²) in [6.07, 6.45) is 3.22. The summed E-state index contributed by atoms with van der Waals surface area (Å²) in [6.45, 7) is 1.30. The zero-order valence-electron chi connectivity index (χ0n) is 18.1. The molecule has 1 fully saturated rings. The molecule has 2 amide bonds. The van der Waals surface area contributed by atoms with E-state index in [0.29, 0.717) is 30.4 Å². The van der Waals surface area contributed by atoms with E-state index in [2.05, 4.69) is 15.5 Å². The van der Waals surface area contributed by atoms with Crippen molar-refractivity contribution in [3.05, 3.63) is 40.7 Å². The minimum absolute atomic E-state index is 0.0150. The number of nitrogens with zero attached hydrogens (tertiary/aromatic N) is 6. The molecule has 10 nitrogen and oxygen atoms in total. The van der Waals surface area contributed by atoms with Crippen molar-refractivity contribution in [2.24, 2.45) is 5.41 Å². The highest BCUT2D eigenvalue weighted by molar-refractivity contribution is 6.30. The van der Waals surface area contributed by atoms with Crippen LogP contribution in [-0.2, 0) is 27.3 Å². The molecule has 2 aromatic rings. The number of hydrogen-bond acceptors (Lipinski definition) is 6. The van der Waals surface area contributed by atoms with Gasteiger partial charge in [0.25, 0.3) is 6.47 Å². The number of carboxylic acid groups (broad SMARTS) is 1. The number of benzene rings is 1. The predicted octanol–water partition coefficient (Wildman–Crippen LogP) is 1.45. The van der Waals surface area contributed by atoms with Crippen molar-refractivity contribution < 1.29 is 19.5 Å². The van der Waals surface area contributed by atoms with E-state index in [4.69, 9.17) is 21.5 Å². The van der Waals surface area contributed by atoms with Crippen molar-refractivity contribution in [2.75, 3.05) is 27.2 Å². The maximum atomic E-state index is 13.2. The summed E-state index contributed by atoms with van der Waals surface area (Å²) < 4.78 is 1.74. The first-order valence-corrected chi connectivity index (χ1v) is 10.8. The van der Waals surface area contributed by atoms with Crippen molar-refractivity contribution in [3.63, 3.8) is 0 Å². The number of rotatable bonds is 4. The Labute approximate surface area is 191 Å². The van der Waals surface area contributed by atoms with E-state index in [1.54, 1.807) is 28.6 Å². The Bertz CT molecular complexity index is 955. The van der Waals surface area contributed by atoms with Crippen molar-refractivity contribution in [2.45, 2.75) is 38.1 Å². The van der Waals surface area contributed by atoms with Gasteiger partial charge in [0.15, 0.2) is 5.82 Å². The lowest BCUT2D eigenvalue weighted by Gasteiger charge is -2.50. The highest BCUT2D eigenvalue weighted by Gasteiger charge is 2.52. The van der Waals surface area contributed by atoms with Gasteiger partial charge in [0.05, 0.1) is 11.3 Å². The number of fused-ring (bicyclic) bond motifs is 1. The van der Waals surface area contributed by atoms with Crippen LogP contribution in [0.3, 0.4) is 0 Å². The molecular formula is C21H27ClN6O4. The third-order valence-corrected chi connectivity index (χ3v) is 6.15. The molecule has 0 radical (unpaired) electrons. The first kappa shape index (κ1) is 23.6. The van der Waals surface area contributed by atoms with Gasteiger partial charge < -0.3 is 14.9 Å². The van der Waals surface area contributed by atoms with Crippen LogP contribution in [0, 0.1) is 5.41 Å². The number of amides is 2. The molecule has 3 heterocycles. The van der Waals surface area contributed by atoms with Gasteiger partial charge in [-0.05, 0) is 47.4 Å². The summed E-state index contributed by atoms with van der Waals surface area (Å²) in [5, 5.41) is 19.4. The van der Waals surface area contributed by atoms with E-state index in [0.717, 1.165) is 31.4 Å². The minimum atomic E-state index is -0.607. The summed E-state index contributed by atoms with van der Waals surface area (Å²) in [4.78, 5) is 38.0. The smallest absolute Gasteiger partial charge is 0.290 e. The van der Waals surface area contributed by atoms with Crippen molar-refractivity contribution in [3.8, 4) is 0 Å². The quantitative estimate of drug-likeness (QED) is 0.682. The zero-order valence-corrected chi connectivity index (χ0v) is 18.9. The second-order valence-electron chi connectivity index (χ2n) is 8.39.